The lowest BCUT2D eigenvalue weighted by molar-refractivity contribution is 0.645. The summed E-state index contributed by atoms with van der Waals surface area (Å²) in [5, 5.41) is 0. The zero-order chi connectivity index (χ0) is 9.14. The minimum atomic E-state index is 0.0162. The molecule has 0 radical (unpaired) electrons. The third kappa shape index (κ3) is 2.22. The van der Waals surface area contributed by atoms with Gasteiger partial charge in [-0.25, -0.2) is 0 Å². The first-order chi connectivity index (χ1) is 5.59. The van der Waals surface area contributed by atoms with Gasteiger partial charge in [-0.3, -0.25) is 4.79 Å². The highest BCUT2D eigenvalue weighted by Gasteiger charge is 1.99. The van der Waals surface area contributed by atoms with Crippen molar-refractivity contribution in [2.75, 3.05) is 0 Å². The molecule has 0 aromatic carbocycles. The van der Waals surface area contributed by atoms with Gasteiger partial charge in [0.05, 0.1) is 0 Å². The quantitative estimate of drug-likeness (QED) is 0.713. The fraction of sp³-hybridized carbons (Fsp3) is 0.500. The highest BCUT2D eigenvalue weighted by Crippen LogP contribution is 2.05. The van der Waals surface area contributed by atoms with Gasteiger partial charge in [0.15, 0.2) is 0 Å². The van der Waals surface area contributed by atoms with E-state index in [4.69, 9.17) is 0 Å². The van der Waals surface area contributed by atoms with Crippen LogP contribution in [0.25, 0.3) is 0 Å². The van der Waals surface area contributed by atoms with E-state index in [-0.39, 0.29) is 5.56 Å². The minimum Gasteiger partial charge on any atom is -0.329 e. The Bertz CT molecular complexity index is 312. The van der Waals surface area contributed by atoms with Crippen LogP contribution in [0.5, 0.6) is 0 Å². The summed E-state index contributed by atoms with van der Waals surface area (Å²) in [7, 11) is 0. The van der Waals surface area contributed by atoms with Crippen molar-refractivity contribution in [2.24, 2.45) is 5.92 Å². The Labute approximate surface area is 72.6 Å². The maximum Gasteiger partial charge on any atom is 0.250 e. The number of rotatable bonds is 2. The average Bonchev–Trinajstić information content (AvgIpc) is 1.96. The Kier molecular flexibility index (Phi) is 2.69. The van der Waals surface area contributed by atoms with Crippen molar-refractivity contribution in [3.63, 3.8) is 0 Å². The molecule has 1 aromatic rings. The Hall–Kier alpha value is -1.05. The molecule has 2 heteroatoms. The number of pyridine rings is 1. The highest BCUT2D eigenvalue weighted by atomic mass is 16.1. The van der Waals surface area contributed by atoms with Gasteiger partial charge in [0.2, 0.25) is 0 Å². The molecule has 0 atom stereocenters. The first kappa shape index (κ1) is 9.04. The Morgan fingerprint density at radius 1 is 1.50 bits per heavy atom. The van der Waals surface area contributed by atoms with Crippen molar-refractivity contribution in [3.05, 3.63) is 33.7 Å². The molecule has 2 nitrogen and oxygen atoms in total. The lowest BCUT2D eigenvalue weighted by Gasteiger charge is -2.04. The van der Waals surface area contributed by atoms with Crippen LogP contribution in [0.2, 0.25) is 0 Å². The van der Waals surface area contributed by atoms with Crippen LogP contribution in [0.3, 0.4) is 0 Å². The van der Waals surface area contributed by atoms with Gasteiger partial charge in [-0.1, -0.05) is 13.8 Å². The van der Waals surface area contributed by atoms with E-state index in [1.54, 1.807) is 6.20 Å². The van der Waals surface area contributed by atoms with Crippen LogP contribution in [0.15, 0.2) is 17.1 Å². The van der Waals surface area contributed by atoms with Gasteiger partial charge in [0, 0.05) is 11.8 Å². The molecular weight excluding hydrogens is 150 g/mol. The number of aromatic nitrogens is 1. The molecule has 0 fully saturated rings. The topological polar surface area (TPSA) is 32.9 Å². The van der Waals surface area contributed by atoms with Gasteiger partial charge in [-0.2, -0.15) is 0 Å². The molecule has 1 N–H and O–H groups in total. The van der Waals surface area contributed by atoms with E-state index in [9.17, 15) is 4.79 Å². The predicted molar refractivity (Wildman–Crippen MR) is 50.3 cm³/mol. The van der Waals surface area contributed by atoms with Crippen LogP contribution in [0, 0.1) is 12.8 Å². The maximum absolute atomic E-state index is 11.0. The number of aromatic amines is 1. The van der Waals surface area contributed by atoms with Crippen molar-refractivity contribution < 1.29 is 0 Å². The third-order valence-electron chi connectivity index (χ3n) is 1.79. The second kappa shape index (κ2) is 3.57. The highest BCUT2D eigenvalue weighted by molar-refractivity contribution is 5.17. The summed E-state index contributed by atoms with van der Waals surface area (Å²) in [4.78, 5) is 13.7. The smallest absolute Gasteiger partial charge is 0.250 e. The number of H-pyrrole nitrogens is 1. The number of hydrogen-bond donors (Lipinski definition) is 1. The zero-order valence-corrected chi connectivity index (χ0v) is 7.85. The summed E-state index contributed by atoms with van der Waals surface area (Å²) in [6.07, 6.45) is 2.83. The molecule has 0 aliphatic carbocycles. The van der Waals surface area contributed by atoms with Crippen molar-refractivity contribution in [3.8, 4) is 0 Å². The predicted octanol–water partition coefficient (Wildman–Crippen LogP) is 1.88. The van der Waals surface area contributed by atoms with Gasteiger partial charge < -0.3 is 4.98 Å². The van der Waals surface area contributed by atoms with Crippen molar-refractivity contribution in [1.82, 2.24) is 4.98 Å². The molecule has 1 rings (SSSR count). The lowest BCUT2D eigenvalue weighted by Crippen LogP contribution is -2.09. The molecule has 0 amide bonds. The first-order valence-corrected chi connectivity index (χ1v) is 4.28. The molecule has 0 aliphatic heterocycles. The Morgan fingerprint density at radius 3 is 2.67 bits per heavy atom. The molecule has 66 valence electrons. The molecule has 12 heavy (non-hydrogen) atoms. The third-order valence-corrected chi connectivity index (χ3v) is 1.79. The van der Waals surface area contributed by atoms with Crippen molar-refractivity contribution in [1.29, 1.82) is 0 Å². The van der Waals surface area contributed by atoms with E-state index >= 15 is 0 Å². The van der Waals surface area contributed by atoms with Crippen LogP contribution in [0.1, 0.15) is 25.0 Å². The van der Waals surface area contributed by atoms with Crippen LogP contribution in [0.4, 0.5) is 0 Å². The first-order valence-electron chi connectivity index (χ1n) is 4.28. The largest absolute Gasteiger partial charge is 0.329 e. The van der Waals surface area contributed by atoms with Gasteiger partial charge in [-0.05, 0) is 30.9 Å². The van der Waals surface area contributed by atoms with Gasteiger partial charge in [0.1, 0.15) is 0 Å². The van der Waals surface area contributed by atoms with Crippen molar-refractivity contribution >= 4 is 0 Å². The zero-order valence-electron chi connectivity index (χ0n) is 7.85. The molecular formula is C10H15NO. The van der Waals surface area contributed by atoms with E-state index in [1.165, 1.54) is 5.56 Å². The molecule has 0 aliphatic rings. The lowest BCUT2D eigenvalue weighted by atomic mass is 10.0. The number of hydrogen-bond acceptors (Lipinski definition) is 1. The maximum atomic E-state index is 11.0. The molecule has 0 bridgehead atoms. The summed E-state index contributed by atoms with van der Waals surface area (Å²) in [5.74, 6) is 0.635. The van der Waals surface area contributed by atoms with Crippen LogP contribution < -0.4 is 5.56 Å². The second-order valence-electron chi connectivity index (χ2n) is 3.62. The summed E-state index contributed by atoms with van der Waals surface area (Å²) in [5.41, 5.74) is 2.03. The van der Waals surface area contributed by atoms with Crippen molar-refractivity contribution in [2.45, 2.75) is 27.2 Å². The second-order valence-corrected chi connectivity index (χ2v) is 3.62. The standard InChI is InChI=1S/C10H15NO/c1-7(2)4-9-5-8(3)10(12)11-6-9/h5-7H,4H2,1-3H3,(H,11,12). The van der Waals surface area contributed by atoms with E-state index in [0.29, 0.717) is 5.92 Å². The summed E-state index contributed by atoms with van der Waals surface area (Å²) >= 11 is 0. The molecule has 0 unspecified atom stereocenters. The van der Waals surface area contributed by atoms with Crippen LogP contribution in [-0.4, -0.2) is 4.98 Å². The number of nitrogens with one attached hydrogen (secondary N) is 1. The van der Waals surface area contributed by atoms with E-state index in [0.717, 1.165) is 12.0 Å². The summed E-state index contributed by atoms with van der Waals surface area (Å²) in [6, 6.07) is 1.96. The van der Waals surface area contributed by atoms with Crippen LogP contribution >= 0.6 is 0 Å². The SMILES string of the molecule is Cc1cc(CC(C)C)c[nH]c1=O. The fourth-order valence-electron chi connectivity index (χ4n) is 1.25. The molecule has 0 spiro atoms. The molecule has 1 aromatic heterocycles. The number of aryl methyl sites for hydroxylation is 1. The van der Waals surface area contributed by atoms with Gasteiger partial charge in [0.25, 0.3) is 5.56 Å². The monoisotopic (exact) mass is 165 g/mol. The Balaban J connectivity index is 2.90. The molecule has 0 saturated carbocycles. The normalized spacial score (nSPS) is 10.7. The van der Waals surface area contributed by atoms with Gasteiger partial charge in [-0.15, -0.1) is 0 Å². The van der Waals surface area contributed by atoms with Crippen LogP contribution in [-0.2, 0) is 6.42 Å². The molecule has 0 saturated heterocycles. The average molecular weight is 165 g/mol. The molecule has 1 heterocycles. The fourth-order valence-corrected chi connectivity index (χ4v) is 1.25. The van der Waals surface area contributed by atoms with E-state index < -0.39 is 0 Å². The summed E-state index contributed by atoms with van der Waals surface area (Å²) < 4.78 is 0. The summed E-state index contributed by atoms with van der Waals surface area (Å²) in [6.45, 7) is 6.17. The van der Waals surface area contributed by atoms with E-state index in [2.05, 4.69) is 18.8 Å². The van der Waals surface area contributed by atoms with Gasteiger partial charge >= 0.3 is 0 Å². The Morgan fingerprint density at radius 2 is 2.17 bits per heavy atom. The minimum absolute atomic E-state index is 0.0162. The van der Waals surface area contributed by atoms with E-state index in [1.807, 2.05) is 13.0 Å².